The lowest BCUT2D eigenvalue weighted by Crippen LogP contribution is -2.34. The number of nitrogens with two attached hydrogens (primary N) is 1. The van der Waals surface area contributed by atoms with Crippen LogP contribution >= 0.6 is 0 Å². The number of primary sulfonamides is 1. The van der Waals surface area contributed by atoms with E-state index in [2.05, 4.69) is 5.32 Å². The normalized spacial score (nSPS) is 11.2. The van der Waals surface area contributed by atoms with E-state index in [9.17, 15) is 13.2 Å². The van der Waals surface area contributed by atoms with Crippen LogP contribution in [0.25, 0.3) is 0 Å². The lowest BCUT2D eigenvalue weighted by molar-refractivity contribution is 0.217. The molecule has 1 aromatic rings. The molecule has 7 heteroatoms. The Labute approximate surface area is 113 Å². The van der Waals surface area contributed by atoms with Crippen LogP contribution < -0.4 is 10.5 Å². The van der Waals surface area contributed by atoms with Gasteiger partial charge >= 0.3 is 6.03 Å². The number of carbonyl (C=O) groups excluding carboxylic acids is 1. The van der Waals surface area contributed by atoms with Crippen LogP contribution in [0.3, 0.4) is 0 Å². The van der Waals surface area contributed by atoms with Gasteiger partial charge in [-0.2, -0.15) is 0 Å². The Balaban J connectivity index is 3.07. The van der Waals surface area contributed by atoms with Gasteiger partial charge in [0.2, 0.25) is 10.0 Å². The fraction of sp³-hybridized carbons (Fsp3) is 0.417. The van der Waals surface area contributed by atoms with E-state index in [0.717, 1.165) is 0 Å². The van der Waals surface area contributed by atoms with Gasteiger partial charge in [0.1, 0.15) is 0 Å². The van der Waals surface area contributed by atoms with Crippen molar-refractivity contribution in [2.24, 2.45) is 5.14 Å². The Morgan fingerprint density at radius 3 is 2.37 bits per heavy atom. The molecule has 0 radical (unpaired) electrons. The zero-order valence-corrected chi connectivity index (χ0v) is 12.1. The van der Waals surface area contributed by atoms with Crippen molar-refractivity contribution < 1.29 is 13.2 Å². The molecule has 106 valence electrons. The average Bonchev–Trinajstić information content (AvgIpc) is 2.32. The van der Waals surface area contributed by atoms with Gasteiger partial charge < -0.3 is 10.2 Å². The monoisotopic (exact) mass is 285 g/mol. The van der Waals surface area contributed by atoms with E-state index < -0.39 is 10.0 Å². The highest BCUT2D eigenvalue weighted by molar-refractivity contribution is 7.89. The first-order valence-corrected chi connectivity index (χ1v) is 7.54. The number of hydrogen-bond acceptors (Lipinski definition) is 3. The summed E-state index contributed by atoms with van der Waals surface area (Å²) in [6, 6.07) is 4.34. The molecule has 0 saturated heterocycles. The Hall–Kier alpha value is -1.60. The molecular formula is C12H19N3O3S. The van der Waals surface area contributed by atoms with Crippen LogP contribution in [0.15, 0.2) is 23.1 Å². The van der Waals surface area contributed by atoms with Gasteiger partial charge in [0, 0.05) is 18.8 Å². The number of amides is 2. The second-order valence-electron chi connectivity index (χ2n) is 4.08. The van der Waals surface area contributed by atoms with Crippen molar-refractivity contribution >= 4 is 21.7 Å². The van der Waals surface area contributed by atoms with Crippen LogP contribution in [0.4, 0.5) is 10.5 Å². The number of sulfonamides is 1. The maximum absolute atomic E-state index is 11.9. The molecule has 6 nitrogen and oxygen atoms in total. The quantitative estimate of drug-likeness (QED) is 0.878. The molecule has 0 aliphatic rings. The van der Waals surface area contributed by atoms with Crippen LogP contribution in [0.2, 0.25) is 0 Å². The third-order valence-electron chi connectivity index (χ3n) is 2.88. The SMILES string of the molecule is CCN(CC)C(=O)Nc1cccc(S(N)(=O)=O)c1C. The molecule has 0 heterocycles. The van der Waals surface area contributed by atoms with Gasteiger partial charge in [-0.3, -0.25) is 0 Å². The molecule has 0 saturated carbocycles. The van der Waals surface area contributed by atoms with Gasteiger partial charge in [-0.15, -0.1) is 0 Å². The van der Waals surface area contributed by atoms with Gasteiger partial charge in [0.15, 0.2) is 0 Å². The number of hydrogen-bond donors (Lipinski definition) is 2. The molecule has 0 spiro atoms. The Morgan fingerprint density at radius 2 is 1.89 bits per heavy atom. The smallest absolute Gasteiger partial charge is 0.321 e. The van der Waals surface area contributed by atoms with Gasteiger partial charge in [0.25, 0.3) is 0 Å². The van der Waals surface area contributed by atoms with Crippen molar-refractivity contribution in [2.75, 3.05) is 18.4 Å². The van der Waals surface area contributed by atoms with Gasteiger partial charge in [-0.05, 0) is 38.5 Å². The summed E-state index contributed by atoms with van der Waals surface area (Å²) in [5.41, 5.74) is 0.883. The van der Waals surface area contributed by atoms with Crippen molar-refractivity contribution in [1.82, 2.24) is 4.90 Å². The second kappa shape index (κ2) is 6.03. The lowest BCUT2D eigenvalue weighted by Gasteiger charge is -2.20. The van der Waals surface area contributed by atoms with E-state index in [1.54, 1.807) is 24.0 Å². The minimum atomic E-state index is -3.79. The summed E-state index contributed by atoms with van der Waals surface area (Å²) >= 11 is 0. The Bertz CT molecular complexity index is 566. The molecule has 0 unspecified atom stereocenters. The minimum Gasteiger partial charge on any atom is -0.325 e. The van der Waals surface area contributed by atoms with E-state index in [1.165, 1.54) is 6.07 Å². The van der Waals surface area contributed by atoms with E-state index in [1.807, 2.05) is 13.8 Å². The number of rotatable bonds is 4. The third-order valence-corrected chi connectivity index (χ3v) is 3.94. The number of nitrogens with zero attached hydrogens (tertiary/aromatic N) is 1. The summed E-state index contributed by atoms with van der Waals surface area (Å²) in [6.45, 7) is 6.51. The van der Waals surface area contributed by atoms with Crippen LogP contribution in [-0.2, 0) is 10.0 Å². The van der Waals surface area contributed by atoms with Crippen molar-refractivity contribution in [3.8, 4) is 0 Å². The molecule has 0 aliphatic heterocycles. The zero-order chi connectivity index (χ0) is 14.6. The van der Waals surface area contributed by atoms with Crippen molar-refractivity contribution in [3.63, 3.8) is 0 Å². The fourth-order valence-electron chi connectivity index (χ4n) is 1.76. The first-order chi connectivity index (χ1) is 8.81. The molecule has 0 bridgehead atoms. The number of anilines is 1. The van der Waals surface area contributed by atoms with Crippen LogP contribution in [0.5, 0.6) is 0 Å². The molecule has 0 fully saturated rings. The van der Waals surface area contributed by atoms with Gasteiger partial charge in [-0.25, -0.2) is 18.4 Å². The molecule has 0 aromatic heterocycles. The maximum atomic E-state index is 11.9. The number of urea groups is 1. The molecule has 3 N–H and O–H groups in total. The summed E-state index contributed by atoms with van der Waals surface area (Å²) in [5, 5.41) is 7.81. The highest BCUT2D eigenvalue weighted by atomic mass is 32.2. The number of nitrogens with one attached hydrogen (secondary N) is 1. The first kappa shape index (κ1) is 15.5. The zero-order valence-electron chi connectivity index (χ0n) is 11.3. The minimum absolute atomic E-state index is 0.0184. The summed E-state index contributed by atoms with van der Waals surface area (Å²) in [5.74, 6) is 0. The van der Waals surface area contributed by atoms with E-state index in [0.29, 0.717) is 24.3 Å². The maximum Gasteiger partial charge on any atom is 0.321 e. The van der Waals surface area contributed by atoms with Crippen molar-refractivity contribution in [2.45, 2.75) is 25.7 Å². The second-order valence-corrected chi connectivity index (χ2v) is 5.61. The molecule has 19 heavy (non-hydrogen) atoms. The predicted octanol–water partition coefficient (Wildman–Crippen LogP) is 1.52. The van der Waals surface area contributed by atoms with Crippen LogP contribution in [0, 0.1) is 6.92 Å². The van der Waals surface area contributed by atoms with E-state index >= 15 is 0 Å². The molecule has 0 aliphatic carbocycles. The molecule has 1 rings (SSSR count). The van der Waals surface area contributed by atoms with Crippen LogP contribution in [-0.4, -0.2) is 32.4 Å². The average molecular weight is 285 g/mol. The third kappa shape index (κ3) is 3.68. The van der Waals surface area contributed by atoms with Crippen LogP contribution in [0.1, 0.15) is 19.4 Å². The van der Waals surface area contributed by atoms with E-state index in [-0.39, 0.29) is 10.9 Å². The highest BCUT2D eigenvalue weighted by Crippen LogP contribution is 2.22. The van der Waals surface area contributed by atoms with Gasteiger partial charge in [-0.1, -0.05) is 6.07 Å². The van der Waals surface area contributed by atoms with Crippen molar-refractivity contribution in [1.29, 1.82) is 0 Å². The summed E-state index contributed by atoms with van der Waals surface area (Å²) in [4.78, 5) is 13.5. The summed E-state index contributed by atoms with van der Waals surface area (Å²) in [6.07, 6.45) is 0. The molecule has 1 aromatic carbocycles. The summed E-state index contributed by atoms with van der Waals surface area (Å²) < 4.78 is 22.8. The molecule has 2 amide bonds. The number of benzene rings is 1. The Morgan fingerprint density at radius 1 is 1.32 bits per heavy atom. The molecule has 0 atom stereocenters. The van der Waals surface area contributed by atoms with E-state index in [4.69, 9.17) is 5.14 Å². The predicted molar refractivity (Wildman–Crippen MR) is 74.5 cm³/mol. The van der Waals surface area contributed by atoms with Gasteiger partial charge in [0.05, 0.1) is 4.90 Å². The lowest BCUT2D eigenvalue weighted by atomic mass is 10.2. The largest absolute Gasteiger partial charge is 0.325 e. The topological polar surface area (TPSA) is 92.5 Å². The number of carbonyl (C=O) groups is 1. The summed E-state index contributed by atoms with van der Waals surface area (Å²) in [7, 11) is -3.79. The Kier molecular flexibility index (Phi) is 4.90. The van der Waals surface area contributed by atoms with Crippen molar-refractivity contribution in [3.05, 3.63) is 23.8 Å². The highest BCUT2D eigenvalue weighted by Gasteiger charge is 2.16. The standard InChI is InChI=1S/C12H19N3O3S/c1-4-15(5-2)12(16)14-10-7-6-8-11(9(10)3)19(13,17)18/h6-8H,4-5H2,1-3H3,(H,14,16)(H2,13,17,18). The fourth-order valence-corrected chi connectivity index (χ4v) is 2.57. The molecular weight excluding hydrogens is 266 g/mol. The first-order valence-electron chi connectivity index (χ1n) is 5.99.